The summed E-state index contributed by atoms with van der Waals surface area (Å²) in [5, 5.41) is 7.01. The van der Waals surface area contributed by atoms with Crippen molar-refractivity contribution in [3.63, 3.8) is 0 Å². The first-order valence-electron chi connectivity index (χ1n) is 5.32. The second kappa shape index (κ2) is 8.88. The maximum absolute atomic E-state index is 5.14. The van der Waals surface area contributed by atoms with Crippen LogP contribution in [-0.2, 0) is 4.74 Å². The fraction of sp³-hybridized carbons (Fsp3) is 0.900. The van der Waals surface area contributed by atoms with Crippen molar-refractivity contribution in [2.45, 2.75) is 19.9 Å². The lowest BCUT2D eigenvalue weighted by Crippen LogP contribution is -2.44. The van der Waals surface area contributed by atoms with Crippen LogP contribution in [0.3, 0.4) is 0 Å². The van der Waals surface area contributed by atoms with E-state index in [1.807, 2.05) is 6.92 Å². The van der Waals surface area contributed by atoms with E-state index in [0.717, 1.165) is 19.6 Å². The van der Waals surface area contributed by atoms with Crippen LogP contribution in [-0.4, -0.2) is 56.5 Å². The largest absolute Gasteiger partial charge is 0.383 e. The fourth-order valence-electron chi connectivity index (χ4n) is 1.08. The van der Waals surface area contributed by atoms with Gasteiger partial charge in [-0.2, -0.15) is 0 Å². The topological polar surface area (TPSA) is 36.5 Å². The summed E-state index contributed by atoms with van der Waals surface area (Å²) in [5.74, 6) is 0. The van der Waals surface area contributed by atoms with Crippen LogP contribution in [0.1, 0.15) is 13.8 Å². The van der Waals surface area contributed by atoms with Gasteiger partial charge in [0, 0.05) is 26.2 Å². The van der Waals surface area contributed by atoms with Gasteiger partial charge in [-0.05, 0) is 32.7 Å². The minimum absolute atomic E-state index is 0.249. The first-order chi connectivity index (χ1) is 7.10. The van der Waals surface area contributed by atoms with Gasteiger partial charge in [0.05, 0.1) is 6.61 Å². The van der Waals surface area contributed by atoms with Crippen LogP contribution in [0, 0.1) is 0 Å². The van der Waals surface area contributed by atoms with E-state index < -0.39 is 0 Å². The number of hydrogen-bond donors (Lipinski definition) is 2. The Balaban J connectivity index is 3.48. The predicted molar refractivity (Wildman–Crippen MR) is 68.2 cm³/mol. The van der Waals surface area contributed by atoms with Crippen LogP contribution in [0.5, 0.6) is 0 Å². The number of hydrogen-bond acceptors (Lipinski definition) is 3. The lowest BCUT2D eigenvalue weighted by molar-refractivity contribution is 0.179. The van der Waals surface area contributed by atoms with Gasteiger partial charge in [-0.25, -0.2) is 0 Å². The maximum Gasteiger partial charge on any atom is 0.166 e. The summed E-state index contributed by atoms with van der Waals surface area (Å²) in [6.45, 7) is 7.76. The Morgan fingerprint density at radius 3 is 2.73 bits per heavy atom. The molecule has 0 aromatic carbocycles. The number of ether oxygens (including phenoxy) is 1. The van der Waals surface area contributed by atoms with Crippen molar-refractivity contribution in [3.05, 3.63) is 0 Å². The molecular weight excluding hydrogens is 210 g/mol. The van der Waals surface area contributed by atoms with Gasteiger partial charge in [-0.15, -0.1) is 0 Å². The Morgan fingerprint density at radius 2 is 2.20 bits per heavy atom. The molecule has 0 aromatic rings. The van der Waals surface area contributed by atoms with Crippen molar-refractivity contribution < 1.29 is 4.74 Å². The third-order valence-electron chi connectivity index (χ3n) is 2.11. The number of rotatable bonds is 7. The summed E-state index contributed by atoms with van der Waals surface area (Å²) >= 11 is 5.14. The van der Waals surface area contributed by atoms with Crippen molar-refractivity contribution >= 4 is 17.3 Å². The zero-order chi connectivity index (χ0) is 11.7. The zero-order valence-corrected chi connectivity index (χ0v) is 11.0. The van der Waals surface area contributed by atoms with Gasteiger partial charge in [0.2, 0.25) is 0 Å². The van der Waals surface area contributed by atoms with E-state index in [-0.39, 0.29) is 6.04 Å². The van der Waals surface area contributed by atoms with Crippen LogP contribution < -0.4 is 10.6 Å². The minimum Gasteiger partial charge on any atom is -0.383 e. The van der Waals surface area contributed by atoms with E-state index in [0.29, 0.717) is 11.7 Å². The van der Waals surface area contributed by atoms with Gasteiger partial charge in [0.15, 0.2) is 5.11 Å². The number of likely N-dealkylation sites (N-methyl/N-ethyl adjacent to an activating group) is 1. The molecule has 0 spiro atoms. The Bertz CT molecular complexity index is 178. The number of thiocarbonyl (C=S) groups is 1. The van der Waals surface area contributed by atoms with Gasteiger partial charge in [0.1, 0.15) is 0 Å². The smallest absolute Gasteiger partial charge is 0.166 e. The highest BCUT2D eigenvalue weighted by molar-refractivity contribution is 7.80. The molecule has 5 heteroatoms. The summed E-state index contributed by atoms with van der Waals surface area (Å²) in [6.07, 6.45) is 0. The van der Waals surface area contributed by atoms with E-state index in [4.69, 9.17) is 17.0 Å². The molecule has 0 saturated carbocycles. The maximum atomic E-state index is 5.14. The molecule has 0 aromatic heterocycles. The summed E-state index contributed by atoms with van der Waals surface area (Å²) in [5.41, 5.74) is 0. The number of nitrogens with zero attached hydrogens (tertiary/aromatic N) is 1. The average Bonchev–Trinajstić information content (AvgIpc) is 2.17. The Hall–Kier alpha value is -0.390. The Morgan fingerprint density at radius 1 is 1.53 bits per heavy atom. The molecule has 15 heavy (non-hydrogen) atoms. The second-order valence-electron chi connectivity index (χ2n) is 3.65. The molecule has 0 amide bonds. The number of methoxy groups -OCH3 is 1. The second-order valence-corrected chi connectivity index (χ2v) is 4.06. The molecule has 0 aliphatic rings. The van der Waals surface area contributed by atoms with Crippen LogP contribution in [0.2, 0.25) is 0 Å². The van der Waals surface area contributed by atoms with Crippen molar-refractivity contribution in [1.82, 2.24) is 15.5 Å². The Kier molecular flexibility index (Phi) is 8.65. The van der Waals surface area contributed by atoms with Crippen LogP contribution >= 0.6 is 12.2 Å². The molecule has 0 fully saturated rings. The zero-order valence-electron chi connectivity index (χ0n) is 10.2. The Labute approximate surface area is 98.4 Å². The molecule has 4 nitrogen and oxygen atoms in total. The fourth-order valence-corrected chi connectivity index (χ4v) is 1.39. The summed E-state index contributed by atoms with van der Waals surface area (Å²) in [7, 11) is 3.77. The molecule has 0 heterocycles. The monoisotopic (exact) mass is 233 g/mol. The lowest BCUT2D eigenvalue weighted by atomic mass is 10.4. The molecule has 2 N–H and O–H groups in total. The highest BCUT2D eigenvalue weighted by Crippen LogP contribution is 1.83. The summed E-state index contributed by atoms with van der Waals surface area (Å²) in [4.78, 5) is 2.23. The standard InChI is InChI=1S/C10H23N3OS/c1-5-13(3)7-6-11-10(15)12-9(2)8-14-4/h9H,5-8H2,1-4H3,(H2,11,12,15). The van der Waals surface area contributed by atoms with E-state index in [1.165, 1.54) is 0 Å². The van der Waals surface area contributed by atoms with Crippen molar-refractivity contribution in [2.24, 2.45) is 0 Å². The van der Waals surface area contributed by atoms with Gasteiger partial charge in [-0.3, -0.25) is 0 Å². The molecule has 90 valence electrons. The van der Waals surface area contributed by atoms with Gasteiger partial charge >= 0.3 is 0 Å². The van der Waals surface area contributed by atoms with Gasteiger partial charge < -0.3 is 20.3 Å². The molecule has 0 saturated heterocycles. The van der Waals surface area contributed by atoms with Crippen LogP contribution in [0.4, 0.5) is 0 Å². The van der Waals surface area contributed by atoms with Crippen molar-refractivity contribution in [1.29, 1.82) is 0 Å². The van der Waals surface area contributed by atoms with Crippen molar-refractivity contribution in [3.8, 4) is 0 Å². The van der Waals surface area contributed by atoms with E-state index >= 15 is 0 Å². The van der Waals surface area contributed by atoms with E-state index in [9.17, 15) is 0 Å². The highest BCUT2D eigenvalue weighted by Gasteiger charge is 2.02. The minimum atomic E-state index is 0.249. The number of nitrogens with one attached hydrogen (secondary N) is 2. The SMILES string of the molecule is CCN(C)CCNC(=S)NC(C)COC. The predicted octanol–water partition coefficient (Wildman–Crippen LogP) is 0.437. The quantitative estimate of drug-likeness (QED) is 0.624. The summed E-state index contributed by atoms with van der Waals surface area (Å²) < 4.78 is 5.01. The molecule has 0 rings (SSSR count). The lowest BCUT2D eigenvalue weighted by Gasteiger charge is -2.18. The van der Waals surface area contributed by atoms with Crippen LogP contribution in [0.15, 0.2) is 0 Å². The molecule has 1 atom stereocenters. The molecule has 1 unspecified atom stereocenters. The van der Waals surface area contributed by atoms with Crippen molar-refractivity contribution in [2.75, 3.05) is 40.4 Å². The average molecular weight is 233 g/mol. The van der Waals surface area contributed by atoms with E-state index in [1.54, 1.807) is 7.11 Å². The summed E-state index contributed by atoms with van der Waals surface area (Å²) in [6, 6.07) is 0.249. The first-order valence-corrected chi connectivity index (χ1v) is 5.72. The van der Waals surface area contributed by atoms with Gasteiger partial charge in [-0.1, -0.05) is 6.92 Å². The van der Waals surface area contributed by atoms with Gasteiger partial charge in [0.25, 0.3) is 0 Å². The first kappa shape index (κ1) is 14.6. The molecule has 0 aliphatic heterocycles. The highest BCUT2D eigenvalue weighted by atomic mass is 32.1. The molecule has 0 bridgehead atoms. The van der Waals surface area contributed by atoms with E-state index in [2.05, 4.69) is 29.5 Å². The third-order valence-corrected chi connectivity index (χ3v) is 2.38. The van der Waals surface area contributed by atoms with Crippen LogP contribution in [0.25, 0.3) is 0 Å². The third kappa shape index (κ3) is 8.59. The molecule has 0 radical (unpaired) electrons. The molecular formula is C10H23N3OS. The molecule has 0 aliphatic carbocycles. The normalized spacial score (nSPS) is 12.6.